The number of hydrogen-bond donors (Lipinski definition) is 1. The molecule has 1 N–H and O–H groups in total. The van der Waals surface area contributed by atoms with Gasteiger partial charge in [-0.15, -0.1) is 0 Å². The summed E-state index contributed by atoms with van der Waals surface area (Å²) in [6.07, 6.45) is 1.65. The van der Waals surface area contributed by atoms with Crippen LogP contribution in [-0.4, -0.2) is 16.0 Å². The van der Waals surface area contributed by atoms with Gasteiger partial charge in [0.15, 0.2) is 11.5 Å². The molecular formula is C25H24FN3O3. The first-order valence-corrected chi connectivity index (χ1v) is 10.3. The van der Waals surface area contributed by atoms with E-state index in [0.717, 1.165) is 11.3 Å². The van der Waals surface area contributed by atoms with E-state index in [1.165, 1.54) is 23.3 Å². The van der Waals surface area contributed by atoms with Gasteiger partial charge in [-0.05, 0) is 42.3 Å². The minimum absolute atomic E-state index is 0.204. The molecule has 2 aromatic carbocycles. The summed E-state index contributed by atoms with van der Waals surface area (Å²) in [6.45, 7) is 4.09. The Morgan fingerprint density at radius 3 is 2.53 bits per heavy atom. The fourth-order valence-electron chi connectivity index (χ4n) is 3.45. The van der Waals surface area contributed by atoms with Crippen LogP contribution in [-0.2, 0) is 26.2 Å². The van der Waals surface area contributed by atoms with Crippen molar-refractivity contribution in [1.29, 1.82) is 0 Å². The lowest BCUT2D eigenvalue weighted by molar-refractivity contribution is 0.0941. The van der Waals surface area contributed by atoms with E-state index in [-0.39, 0.29) is 24.0 Å². The normalized spacial score (nSPS) is 11.1. The van der Waals surface area contributed by atoms with Gasteiger partial charge in [-0.2, -0.15) is 0 Å². The molecule has 0 unspecified atom stereocenters. The molecule has 4 rings (SSSR count). The second kappa shape index (κ2) is 10.1. The van der Waals surface area contributed by atoms with Crippen molar-refractivity contribution in [3.8, 4) is 0 Å². The Morgan fingerprint density at radius 1 is 0.969 bits per heavy atom. The van der Waals surface area contributed by atoms with E-state index in [9.17, 15) is 9.18 Å². The topological polar surface area (TPSA) is 71.5 Å². The molecule has 0 saturated carbocycles. The first-order valence-electron chi connectivity index (χ1n) is 10.3. The lowest BCUT2D eigenvalue weighted by Crippen LogP contribution is -2.23. The van der Waals surface area contributed by atoms with Gasteiger partial charge in [0.2, 0.25) is 0 Å². The zero-order valence-electron chi connectivity index (χ0n) is 17.8. The summed E-state index contributed by atoms with van der Waals surface area (Å²) < 4.78 is 24.0. The third-order valence-electron chi connectivity index (χ3n) is 4.99. The molecule has 0 spiro atoms. The molecule has 2 aromatic heterocycles. The Hall–Kier alpha value is -3.71. The Kier molecular flexibility index (Phi) is 6.77. The molecule has 0 bridgehead atoms. The number of nitrogens with one attached hydrogen (secondary N) is 1. The summed E-state index contributed by atoms with van der Waals surface area (Å²) in [5.41, 5.74) is 3.37. The van der Waals surface area contributed by atoms with Gasteiger partial charge in [0.1, 0.15) is 11.6 Å². The third-order valence-corrected chi connectivity index (χ3v) is 4.99. The monoisotopic (exact) mass is 433 g/mol. The van der Waals surface area contributed by atoms with E-state index in [2.05, 4.69) is 40.5 Å². The average Bonchev–Trinajstić information content (AvgIpc) is 3.45. The van der Waals surface area contributed by atoms with Crippen LogP contribution in [0.25, 0.3) is 0 Å². The van der Waals surface area contributed by atoms with Crippen LogP contribution >= 0.6 is 0 Å². The predicted molar refractivity (Wildman–Crippen MR) is 117 cm³/mol. The van der Waals surface area contributed by atoms with Crippen molar-refractivity contribution < 1.29 is 18.1 Å². The lowest BCUT2D eigenvalue weighted by Gasteiger charge is -2.20. The van der Waals surface area contributed by atoms with Gasteiger partial charge in [0, 0.05) is 19.2 Å². The highest BCUT2D eigenvalue weighted by molar-refractivity contribution is 5.92. The van der Waals surface area contributed by atoms with Gasteiger partial charge < -0.3 is 14.3 Å². The summed E-state index contributed by atoms with van der Waals surface area (Å²) in [4.78, 5) is 14.6. The van der Waals surface area contributed by atoms with Gasteiger partial charge in [-0.1, -0.05) is 47.1 Å². The smallest absolute Gasteiger partial charge is 0.273 e. The van der Waals surface area contributed by atoms with Crippen molar-refractivity contribution in [2.45, 2.75) is 33.1 Å². The van der Waals surface area contributed by atoms with Crippen molar-refractivity contribution in [1.82, 2.24) is 15.4 Å². The Labute approximate surface area is 185 Å². The highest BCUT2D eigenvalue weighted by Crippen LogP contribution is 2.16. The van der Waals surface area contributed by atoms with Crippen molar-refractivity contribution in [2.75, 3.05) is 0 Å². The largest absolute Gasteiger partial charge is 0.468 e. The number of hydrogen-bond acceptors (Lipinski definition) is 5. The van der Waals surface area contributed by atoms with Crippen LogP contribution in [0.3, 0.4) is 0 Å². The van der Waals surface area contributed by atoms with Gasteiger partial charge in [0.05, 0.1) is 19.4 Å². The molecule has 0 aliphatic carbocycles. The minimum atomic E-state index is -0.347. The molecule has 1 amide bonds. The molecule has 4 aromatic rings. The second-order valence-electron chi connectivity index (χ2n) is 7.70. The number of halogens is 1. The van der Waals surface area contributed by atoms with E-state index in [4.69, 9.17) is 8.94 Å². The van der Waals surface area contributed by atoms with Gasteiger partial charge >= 0.3 is 0 Å². The summed E-state index contributed by atoms with van der Waals surface area (Å²) in [5.74, 6) is 0.761. The van der Waals surface area contributed by atoms with E-state index >= 15 is 0 Å². The molecule has 0 atom stereocenters. The molecule has 0 radical (unpaired) electrons. The second-order valence-corrected chi connectivity index (χ2v) is 7.70. The Balaban J connectivity index is 1.40. The molecular weight excluding hydrogens is 409 g/mol. The number of aromatic nitrogens is 1. The number of carbonyl (C=O) groups excluding carboxylic acids is 1. The number of aryl methyl sites for hydroxylation is 1. The minimum Gasteiger partial charge on any atom is -0.468 e. The summed E-state index contributed by atoms with van der Waals surface area (Å²) in [5, 5.41) is 6.69. The van der Waals surface area contributed by atoms with Crippen LogP contribution in [0.1, 0.15) is 38.7 Å². The fraction of sp³-hybridized carbons (Fsp3) is 0.200. The number of furan rings is 1. The first-order chi connectivity index (χ1) is 15.5. The van der Waals surface area contributed by atoms with Crippen molar-refractivity contribution >= 4 is 5.91 Å². The molecule has 0 aliphatic heterocycles. The highest BCUT2D eigenvalue weighted by Gasteiger charge is 2.16. The van der Waals surface area contributed by atoms with Crippen LogP contribution in [0.5, 0.6) is 0 Å². The van der Waals surface area contributed by atoms with Crippen LogP contribution in [0.2, 0.25) is 0 Å². The third kappa shape index (κ3) is 5.92. The molecule has 0 fully saturated rings. The number of nitrogens with zero attached hydrogens (tertiary/aromatic N) is 2. The summed E-state index contributed by atoms with van der Waals surface area (Å²) in [7, 11) is 0. The molecule has 0 saturated heterocycles. The highest BCUT2D eigenvalue weighted by atomic mass is 19.1. The first kappa shape index (κ1) is 21.5. The van der Waals surface area contributed by atoms with E-state index in [1.54, 1.807) is 24.5 Å². The van der Waals surface area contributed by atoms with E-state index in [0.29, 0.717) is 25.4 Å². The molecule has 32 heavy (non-hydrogen) atoms. The number of carbonyl (C=O) groups is 1. The van der Waals surface area contributed by atoms with E-state index in [1.807, 2.05) is 18.2 Å². The molecule has 0 aliphatic rings. The van der Waals surface area contributed by atoms with Crippen LogP contribution in [0.15, 0.2) is 81.9 Å². The van der Waals surface area contributed by atoms with Crippen molar-refractivity contribution in [3.05, 3.63) is 113 Å². The quantitative estimate of drug-likeness (QED) is 0.409. The van der Waals surface area contributed by atoms with Gasteiger partial charge in [0.25, 0.3) is 5.91 Å². The maximum atomic E-state index is 13.0. The summed E-state index contributed by atoms with van der Waals surface area (Å²) >= 11 is 0. The number of amides is 1. The SMILES string of the molecule is Cc1cccc(CN(Cc2ccco2)Cc2cc(C(=O)NCc3ccc(F)cc3)no2)c1. The van der Waals surface area contributed by atoms with Crippen molar-refractivity contribution in [3.63, 3.8) is 0 Å². The molecule has 164 valence electrons. The summed E-state index contributed by atoms with van der Waals surface area (Å²) in [6, 6.07) is 19.7. The lowest BCUT2D eigenvalue weighted by atomic mass is 10.1. The zero-order valence-corrected chi connectivity index (χ0v) is 17.8. The zero-order chi connectivity index (χ0) is 22.3. The standard InChI is InChI=1S/C25H24FN3O3/c1-18-4-2-5-20(12-18)15-29(16-22-6-3-11-31-22)17-23-13-24(28-32-23)25(30)27-14-19-7-9-21(26)10-8-19/h2-13H,14-17H2,1H3,(H,27,30). The Bertz CT molecular complexity index is 1150. The van der Waals surface area contributed by atoms with Crippen molar-refractivity contribution in [2.24, 2.45) is 0 Å². The van der Waals surface area contributed by atoms with Crippen LogP contribution in [0.4, 0.5) is 4.39 Å². The number of rotatable bonds is 9. The fourth-order valence-corrected chi connectivity index (χ4v) is 3.45. The maximum Gasteiger partial charge on any atom is 0.273 e. The van der Waals surface area contributed by atoms with E-state index < -0.39 is 0 Å². The van der Waals surface area contributed by atoms with Gasteiger partial charge in [-0.3, -0.25) is 9.69 Å². The predicted octanol–water partition coefficient (Wildman–Crippen LogP) is 4.85. The van der Waals surface area contributed by atoms with Crippen LogP contribution < -0.4 is 5.32 Å². The molecule has 6 nitrogen and oxygen atoms in total. The van der Waals surface area contributed by atoms with Gasteiger partial charge in [-0.25, -0.2) is 4.39 Å². The number of benzene rings is 2. The maximum absolute atomic E-state index is 13.0. The average molecular weight is 433 g/mol. The molecule has 7 heteroatoms. The Morgan fingerprint density at radius 2 is 1.78 bits per heavy atom. The van der Waals surface area contributed by atoms with Crippen LogP contribution in [0, 0.1) is 12.7 Å². The molecule has 2 heterocycles.